The maximum atomic E-state index is 12.7. The van der Waals surface area contributed by atoms with Gasteiger partial charge in [-0.05, 0) is 25.4 Å². The van der Waals surface area contributed by atoms with Crippen LogP contribution in [-0.4, -0.2) is 59.9 Å². The maximum absolute atomic E-state index is 12.7. The van der Waals surface area contributed by atoms with Crippen molar-refractivity contribution in [3.05, 3.63) is 17.0 Å². The third-order valence-corrected chi connectivity index (χ3v) is 7.88. The Morgan fingerprint density at radius 3 is 2.76 bits per heavy atom. The van der Waals surface area contributed by atoms with Crippen LogP contribution >= 0.6 is 23.4 Å². The van der Waals surface area contributed by atoms with Gasteiger partial charge < -0.3 is 9.64 Å². The predicted octanol–water partition coefficient (Wildman–Crippen LogP) is 2.15. The molecule has 0 spiro atoms. The Hall–Kier alpha value is -0.900. The molecule has 2 aliphatic heterocycles. The number of hydrogen-bond donors (Lipinski definition) is 0. The molecule has 3 atom stereocenters. The molecule has 0 N–H and O–H groups in total. The molecule has 3 heterocycles. The fraction of sp³-hybridized carbons (Fsp3) is 0.667. The Morgan fingerprint density at radius 2 is 2.12 bits per heavy atom. The highest BCUT2D eigenvalue weighted by Gasteiger charge is 2.32. The first-order chi connectivity index (χ1) is 11.8. The molecule has 138 valence electrons. The van der Waals surface area contributed by atoms with Gasteiger partial charge in [-0.2, -0.15) is 0 Å². The van der Waals surface area contributed by atoms with Crippen molar-refractivity contribution in [2.75, 3.05) is 24.7 Å². The standard InChI is InChI=1S/C15H21ClN4O3S2/c1-9-7-23-5-4-20(9)13-6-12(18-14(16)19-13)8-25(21,22)15-17-10(2)11(3)24-15/h6,9-11H,4-5,7-8H2,1-3H3/t9-,10?,11?/m0/s1. The average molecular weight is 405 g/mol. The van der Waals surface area contributed by atoms with E-state index in [2.05, 4.69) is 19.9 Å². The van der Waals surface area contributed by atoms with Crippen molar-refractivity contribution >= 4 is 43.4 Å². The van der Waals surface area contributed by atoms with Crippen molar-refractivity contribution in [3.8, 4) is 0 Å². The van der Waals surface area contributed by atoms with Crippen molar-refractivity contribution in [1.29, 1.82) is 0 Å². The van der Waals surface area contributed by atoms with E-state index in [-0.39, 0.29) is 32.7 Å². The first kappa shape index (κ1) is 18.9. The minimum atomic E-state index is -3.54. The van der Waals surface area contributed by atoms with Gasteiger partial charge in [-0.1, -0.05) is 18.7 Å². The van der Waals surface area contributed by atoms with E-state index in [0.717, 1.165) is 0 Å². The minimum Gasteiger partial charge on any atom is -0.377 e. The monoisotopic (exact) mass is 404 g/mol. The summed E-state index contributed by atoms with van der Waals surface area (Å²) in [5, 5.41) is 0.202. The Labute approximate surface area is 157 Å². The van der Waals surface area contributed by atoms with Gasteiger partial charge >= 0.3 is 0 Å². The highest BCUT2D eigenvalue weighted by atomic mass is 35.5. The first-order valence-corrected chi connectivity index (χ1v) is 11.0. The lowest BCUT2D eigenvalue weighted by Crippen LogP contribution is -2.44. The van der Waals surface area contributed by atoms with E-state index < -0.39 is 9.84 Å². The van der Waals surface area contributed by atoms with Crippen molar-refractivity contribution < 1.29 is 13.2 Å². The predicted molar refractivity (Wildman–Crippen MR) is 101 cm³/mol. The summed E-state index contributed by atoms with van der Waals surface area (Å²) in [5.74, 6) is 0.399. The van der Waals surface area contributed by atoms with Crippen LogP contribution in [0.2, 0.25) is 5.28 Å². The molecular weight excluding hydrogens is 384 g/mol. The van der Waals surface area contributed by atoms with Crippen molar-refractivity contribution in [2.45, 2.75) is 43.9 Å². The van der Waals surface area contributed by atoms with Gasteiger partial charge in [0.2, 0.25) is 15.1 Å². The van der Waals surface area contributed by atoms with Crippen molar-refractivity contribution in [2.24, 2.45) is 4.99 Å². The zero-order valence-electron chi connectivity index (χ0n) is 14.3. The summed E-state index contributed by atoms with van der Waals surface area (Å²) >= 11 is 7.34. The van der Waals surface area contributed by atoms with Crippen molar-refractivity contribution in [1.82, 2.24) is 9.97 Å². The second kappa shape index (κ2) is 7.38. The van der Waals surface area contributed by atoms with E-state index in [1.807, 2.05) is 20.8 Å². The summed E-state index contributed by atoms with van der Waals surface area (Å²) in [7, 11) is -3.54. The maximum Gasteiger partial charge on any atom is 0.224 e. The molecule has 1 fully saturated rings. The molecule has 2 unspecified atom stereocenters. The number of rotatable bonds is 3. The Balaban J connectivity index is 1.84. The summed E-state index contributed by atoms with van der Waals surface area (Å²) in [4.78, 5) is 14.7. The Kier molecular flexibility index (Phi) is 5.57. The SMILES string of the molecule is CC1N=C(S(=O)(=O)Cc2cc(N3CCOC[C@@H]3C)nc(Cl)n2)SC1C. The number of nitrogens with zero attached hydrogens (tertiary/aromatic N) is 4. The number of sulfone groups is 1. The second-order valence-corrected chi connectivity index (χ2v) is 10.2. The van der Waals surface area contributed by atoms with Gasteiger partial charge in [0.1, 0.15) is 5.82 Å². The molecule has 10 heteroatoms. The van der Waals surface area contributed by atoms with Gasteiger partial charge in [0.05, 0.1) is 36.7 Å². The molecule has 0 amide bonds. The van der Waals surface area contributed by atoms with E-state index in [9.17, 15) is 8.42 Å². The van der Waals surface area contributed by atoms with E-state index >= 15 is 0 Å². The van der Waals surface area contributed by atoms with Crippen LogP contribution in [0, 0.1) is 0 Å². The van der Waals surface area contributed by atoms with Gasteiger partial charge in [-0.15, -0.1) is 0 Å². The zero-order chi connectivity index (χ0) is 18.2. The summed E-state index contributed by atoms with van der Waals surface area (Å²) < 4.78 is 30.9. The van der Waals surface area contributed by atoms with Crippen LogP contribution in [0.5, 0.6) is 0 Å². The van der Waals surface area contributed by atoms with Crippen LogP contribution in [-0.2, 0) is 20.3 Å². The fourth-order valence-corrected chi connectivity index (χ4v) is 5.91. The third-order valence-electron chi connectivity index (χ3n) is 4.28. The molecule has 0 saturated carbocycles. The first-order valence-electron chi connectivity index (χ1n) is 8.11. The van der Waals surface area contributed by atoms with Crippen LogP contribution in [0.4, 0.5) is 5.82 Å². The lowest BCUT2D eigenvalue weighted by Gasteiger charge is -2.34. The number of aromatic nitrogens is 2. The number of hydrogen-bond acceptors (Lipinski definition) is 8. The summed E-state index contributed by atoms with van der Waals surface area (Å²) in [6, 6.07) is 1.83. The number of ether oxygens (including phenoxy) is 1. The summed E-state index contributed by atoms with van der Waals surface area (Å²) in [6.45, 7) is 7.79. The Bertz CT molecular complexity index is 787. The van der Waals surface area contributed by atoms with Crippen molar-refractivity contribution in [3.63, 3.8) is 0 Å². The second-order valence-electron chi connectivity index (χ2n) is 6.32. The van der Waals surface area contributed by atoms with Gasteiger partial charge in [0.15, 0.2) is 4.38 Å². The van der Waals surface area contributed by atoms with E-state index in [0.29, 0.717) is 31.3 Å². The molecule has 25 heavy (non-hydrogen) atoms. The summed E-state index contributed by atoms with van der Waals surface area (Å²) in [6.07, 6.45) is 0. The lowest BCUT2D eigenvalue weighted by molar-refractivity contribution is 0.0985. The molecule has 0 aromatic carbocycles. The van der Waals surface area contributed by atoms with Crippen LogP contribution in [0.3, 0.4) is 0 Å². The van der Waals surface area contributed by atoms with Crippen LogP contribution in [0.15, 0.2) is 11.1 Å². The van der Waals surface area contributed by atoms with Gasteiger partial charge in [-0.3, -0.25) is 4.99 Å². The molecular formula is C15H21ClN4O3S2. The van der Waals surface area contributed by atoms with Crippen LogP contribution in [0.1, 0.15) is 26.5 Å². The average Bonchev–Trinajstić information content (AvgIpc) is 2.87. The molecule has 0 bridgehead atoms. The quantitative estimate of drug-likeness (QED) is 0.713. The number of anilines is 1. The largest absolute Gasteiger partial charge is 0.377 e. The summed E-state index contributed by atoms with van der Waals surface area (Å²) in [5.41, 5.74) is 0.379. The molecule has 1 aromatic rings. The van der Waals surface area contributed by atoms with Gasteiger partial charge in [0, 0.05) is 17.9 Å². The number of aliphatic imine (C=N–C) groups is 1. The molecule has 1 aromatic heterocycles. The van der Waals surface area contributed by atoms with E-state index in [1.165, 1.54) is 11.8 Å². The van der Waals surface area contributed by atoms with Crippen LogP contribution < -0.4 is 4.90 Å². The van der Waals surface area contributed by atoms with E-state index in [1.54, 1.807) is 6.07 Å². The molecule has 1 saturated heterocycles. The molecule has 0 radical (unpaired) electrons. The van der Waals surface area contributed by atoms with E-state index in [4.69, 9.17) is 16.3 Å². The topological polar surface area (TPSA) is 84.8 Å². The Morgan fingerprint density at radius 1 is 1.36 bits per heavy atom. The number of halogens is 1. The molecule has 2 aliphatic rings. The van der Waals surface area contributed by atoms with Gasteiger partial charge in [0.25, 0.3) is 0 Å². The fourth-order valence-electron chi connectivity index (χ4n) is 2.71. The third kappa shape index (κ3) is 4.27. The smallest absolute Gasteiger partial charge is 0.224 e. The highest BCUT2D eigenvalue weighted by Crippen LogP contribution is 2.30. The molecule has 7 nitrogen and oxygen atoms in total. The lowest BCUT2D eigenvalue weighted by atomic mass is 10.2. The highest BCUT2D eigenvalue weighted by molar-refractivity contribution is 8.35. The minimum absolute atomic E-state index is 0.00600. The molecule has 0 aliphatic carbocycles. The molecule has 3 rings (SSSR count). The van der Waals surface area contributed by atoms with Crippen LogP contribution in [0.25, 0.3) is 0 Å². The van der Waals surface area contributed by atoms with Gasteiger partial charge in [-0.25, -0.2) is 18.4 Å². The number of morpholine rings is 1. The normalized spacial score (nSPS) is 27.4. The number of thioether (sulfide) groups is 1. The zero-order valence-corrected chi connectivity index (χ0v) is 16.7.